The van der Waals surface area contributed by atoms with Crippen molar-refractivity contribution in [2.45, 2.75) is 39.9 Å². The van der Waals surface area contributed by atoms with E-state index in [2.05, 4.69) is 6.58 Å². The zero-order chi connectivity index (χ0) is 18.9. The molecule has 1 aliphatic rings. The van der Waals surface area contributed by atoms with Gasteiger partial charge in [-0.1, -0.05) is 12.7 Å². The van der Waals surface area contributed by atoms with E-state index >= 15 is 0 Å². The number of ether oxygens (including phenoxy) is 3. The number of phenolic OH excluding ortho intramolecular Hbond substituents is 1. The second-order valence-corrected chi connectivity index (χ2v) is 5.96. The highest BCUT2D eigenvalue weighted by molar-refractivity contribution is 5.98. The van der Waals surface area contributed by atoms with E-state index in [1.807, 2.05) is 0 Å². The van der Waals surface area contributed by atoms with Crippen molar-refractivity contribution in [1.82, 2.24) is 0 Å². The topological polar surface area (TPSA) is 82.1 Å². The van der Waals surface area contributed by atoms with Crippen LogP contribution in [-0.4, -0.2) is 30.1 Å². The van der Waals surface area contributed by atoms with Crippen molar-refractivity contribution in [3.8, 4) is 17.2 Å². The maximum absolute atomic E-state index is 12.2. The van der Waals surface area contributed by atoms with Gasteiger partial charge in [-0.25, -0.2) is 4.79 Å². The molecule has 0 fully saturated rings. The lowest BCUT2D eigenvalue weighted by molar-refractivity contribution is -0.146. The SMILES string of the molecule is C=C(C)[C@H]1Oc2c(cc(C(C)=O)c(O)c2OC)[C@@H]1OC(=O)C(C)=CC. The molecule has 0 saturated carbocycles. The third-order valence-corrected chi connectivity index (χ3v) is 4.12. The van der Waals surface area contributed by atoms with Crippen LogP contribution in [0.15, 0.2) is 29.9 Å². The van der Waals surface area contributed by atoms with Gasteiger partial charge in [0.25, 0.3) is 0 Å². The standard InChI is InChI=1S/C19H22O6/c1-7-10(4)19(22)25-16-13-8-12(11(5)20)14(21)18(23-6)17(13)24-15(16)9(2)3/h7-8,15-16,21H,2H2,1,3-6H3/t15-,16+/m1/s1. The minimum Gasteiger partial charge on any atom is -0.504 e. The highest BCUT2D eigenvalue weighted by Gasteiger charge is 2.42. The Labute approximate surface area is 146 Å². The molecule has 0 spiro atoms. The van der Waals surface area contributed by atoms with Crippen LogP contribution < -0.4 is 9.47 Å². The van der Waals surface area contributed by atoms with Crippen LogP contribution in [0.4, 0.5) is 0 Å². The molecule has 0 unspecified atom stereocenters. The molecule has 6 nitrogen and oxygen atoms in total. The molecule has 2 rings (SSSR count). The molecule has 0 aliphatic carbocycles. The van der Waals surface area contributed by atoms with Gasteiger partial charge in [-0.15, -0.1) is 0 Å². The number of aromatic hydroxyl groups is 1. The van der Waals surface area contributed by atoms with Crippen molar-refractivity contribution < 1.29 is 28.9 Å². The number of hydrogen-bond donors (Lipinski definition) is 1. The largest absolute Gasteiger partial charge is 0.504 e. The highest BCUT2D eigenvalue weighted by atomic mass is 16.6. The first-order chi connectivity index (χ1) is 11.7. The number of Topliss-reactive ketones (excluding diaryl/α,β-unsaturated/α-hetero) is 1. The van der Waals surface area contributed by atoms with Gasteiger partial charge in [-0.3, -0.25) is 4.79 Å². The zero-order valence-electron chi connectivity index (χ0n) is 15.0. The molecule has 1 aromatic carbocycles. The van der Waals surface area contributed by atoms with Crippen molar-refractivity contribution in [2.24, 2.45) is 0 Å². The minimum absolute atomic E-state index is 0.0373. The van der Waals surface area contributed by atoms with E-state index in [4.69, 9.17) is 14.2 Å². The molecule has 0 aromatic heterocycles. The van der Waals surface area contributed by atoms with E-state index in [-0.39, 0.29) is 28.6 Å². The van der Waals surface area contributed by atoms with E-state index in [1.54, 1.807) is 26.8 Å². The number of methoxy groups -OCH3 is 1. The molecule has 1 heterocycles. The molecule has 0 saturated heterocycles. The molecule has 1 N–H and O–H groups in total. The van der Waals surface area contributed by atoms with Crippen LogP contribution in [0.1, 0.15) is 49.7 Å². The van der Waals surface area contributed by atoms with Gasteiger partial charge in [0.05, 0.1) is 12.7 Å². The molecule has 2 atom stereocenters. The Hall–Kier alpha value is -2.76. The van der Waals surface area contributed by atoms with Crippen LogP contribution in [0, 0.1) is 0 Å². The van der Waals surface area contributed by atoms with Gasteiger partial charge in [0.2, 0.25) is 5.75 Å². The summed E-state index contributed by atoms with van der Waals surface area (Å²) in [6.45, 7) is 10.3. The Morgan fingerprint density at radius 1 is 1.32 bits per heavy atom. The fourth-order valence-corrected chi connectivity index (χ4v) is 2.60. The number of ketones is 1. The third-order valence-electron chi connectivity index (χ3n) is 4.12. The maximum Gasteiger partial charge on any atom is 0.334 e. The van der Waals surface area contributed by atoms with E-state index in [0.29, 0.717) is 16.7 Å². The van der Waals surface area contributed by atoms with Crippen molar-refractivity contribution >= 4 is 11.8 Å². The number of fused-ring (bicyclic) bond motifs is 1. The smallest absolute Gasteiger partial charge is 0.334 e. The lowest BCUT2D eigenvalue weighted by Gasteiger charge is -2.19. The van der Waals surface area contributed by atoms with Gasteiger partial charge >= 0.3 is 5.97 Å². The van der Waals surface area contributed by atoms with Crippen molar-refractivity contribution in [3.05, 3.63) is 41.0 Å². The first-order valence-corrected chi connectivity index (χ1v) is 7.83. The van der Waals surface area contributed by atoms with Gasteiger partial charge in [-0.05, 0) is 39.3 Å². The summed E-state index contributed by atoms with van der Waals surface area (Å²) in [5, 5.41) is 10.3. The van der Waals surface area contributed by atoms with Crippen molar-refractivity contribution in [2.75, 3.05) is 7.11 Å². The Morgan fingerprint density at radius 2 is 1.96 bits per heavy atom. The minimum atomic E-state index is -0.789. The third kappa shape index (κ3) is 3.24. The van der Waals surface area contributed by atoms with Gasteiger partial charge in [0.15, 0.2) is 29.5 Å². The number of allylic oxidation sites excluding steroid dienone is 1. The molecule has 0 amide bonds. The van der Waals surface area contributed by atoms with Crippen LogP contribution in [0.3, 0.4) is 0 Å². The van der Waals surface area contributed by atoms with Crippen LogP contribution >= 0.6 is 0 Å². The van der Waals surface area contributed by atoms with Gasteiger partial charge < -0.3 is 19.3 Å². The van der Waals surface area contributed by atoms with E-state index < -0.39 is 18.2 Å². The fraction of sp³-hybridized carbons (Fsp3) is 0.368. The van der Waals surface area contributed by atoms with E-state index in [1.165, 1.54) is 20.1 Å². The van der Waals surface area contributed by atoms with Crippen LogP contribution in [0.5, 0.6) is 17.2 Å². The first kappa shape index (κ1) is 18.6. The average Bonchev–Trinajstić information content (AvgIpc) is 2.91. The van der Waals surface area contributed by atoms with Crippen molar-refractivity contribution in [3.63, 3.8) is 0 Å². The Balaban J connectivity index is 2.61. The summed E-state index contributed by atoms with van der Waals surface area (Å²) in [6.07, 6.45) is 0.217. The predicted molar refractivity (Wildman–Crippen MR) is 92.2 cm³/mol. The number of carbonyl (C=O) groups is 2. The molecule has 1 aliphatic heterocycles. The second-order valence-electron chi connectivity index (χ2n) is 5.96. The summed E-state index contributed by atoms with van der Waals surface area (Å²) in [5.74, 6) is -0.853. The number of phenols is 1. The predicted octanol–water partition coefficient (Wildman–Crippen LogP) is 3.49. The summed E-state index contributed by atoms with van der Waals surface area (Å²) < 4.78 is 16.7. The van der Waals surface area contributed by atoms with Crippen LogP contribution in [0.25, 0.3) is 0 Å². The number of carbonyl (C=O) groups excluding carboxylic acids is 2. The zero-order valence-corrected chi connectivity index (χ0v) is 15.0. The average molecular weight is 346 g/mol. The molecular formula is C19H22O6. The Kier molecular flexibility index (Phi) is 5.21. The van der Waals surface area contributed by atoms with Gasteiger partial charge in [-0.2, -0.15) is 0 Å². The number of esters is 1. The Bertz CT molecular complexity index is 775. The lowest BCUT2D eigenvalue weighted by atomic mass is 9.98. The van der Waals surface area contributed by atoms with Gasteiger partial charge in [0, 0.05) is 11.1 Å². The Morgan fingerprint density at radius 3 is 2.44 bits per heavy atom. The summed E-state index contributed by atoms with van der Waals surface area (Å²) in [5.41, 5.74) is 1.62. The molecule has 0 radical (unpaired) electrons. The van der Waals surface area contributed by atoms with Crippen LogP contribution in [-0.2, 0) is 9.53 Å². The monoisotopic (exact) mass is 346 g/mol. The maximum atomic E-state index is 12.2. The van der Waals surface area contributed by atoms with Crippen LogP contribution in [0.2, 0.25) is 0 Å². The summed E-state index contributed by atoms with van der Waals surface area (Å²) in [4.78, 5) is 24.1. The van der Waals surface area contributed by atoms with Crippen molar-refractivity contribution in [1.29, 1.82) is 0 Å². The van der Waals surface area contributed by atoms with E-state index in [9.17, 15) is 14.7 Å². The first-order valence-electron chi connectivity index (χ1n) is 7.83. The van der Waals surface area contributed by atoms with Gasteiger partial charge in [0.1, 0.15) is 0 Å². The molecule has 25 heavy (non-hydrogen) atoms. The quantitative estimate of drug-likeness (QED) is 0.380. The number of rotatable bonds is 5. The molecule has 0 bridgehead atoms. The number of hydrogen-bond acceptors (Lipinski definition) is 6. The summed E-state index contributed by atoms with van der Waals surface area (Å²) in [6, 6.07) is 1.47. The summed E-state index contributed by atoms with van der Waals surface area (Å²) in [7, 11) is 1.36. The normalized spacial score (nSPS) is 19.0. The molecule has 6 heteroatoms. The molecular weight excluding hydrogens is 324 g/mol. The summed E-state index contributed by atoms with van der Waals surface area (Å²) >= 11 is 0. The highest BCUT2D eigenvalue weighted by Crippen LogP contribution is 2.51. The molecule has 134 valence electrons. The fourth-order valence-electron chi connectivity index (χ4n) is 2.60. The number of benzene rings is 1. The molecule has 1 aromatic rings. The van der Waals surface area contributed by atoms with E-state index in [0.717, 1.165) is 0 Å². The lowest BCUT2D eigenvalue weighted by Crippen LogP contribution is -2.24. The second kappa shape index (κ2) is 7.01.